The molecule has 3 rings (SSSR count). The number of guanidine groups is 1. The molecule has 1 aliphatic carbocycles. The molecule has 130 valence electrons. The van der Waals surface area contributed by atoms with Crippen LogP contribution in [-0.4, -0.2) is 19.0 Å². The maximum absolute atomic E-state index is 12.2. The van der Waals surface area contributed by atoms with Crippen molar-refractivity contribution >= 4 is 17.4 Å². The van der Waals surface area contributed by atoms with Gasteiger partial charge >= 0.3 is 0 Å². The smallest absolute Gasteiger partial charge is 0.280 e. The highest BCUT2D eigenvalue weighted by Crippen LogP contribution is 2.37. The van der Waals surface area contributed by atoms with Gasteiger partial charge in [-0.1, -0.05) is 12.1 Å². The minimum atomic E-state index is -0.490. The molecule has 0 saturated carbocycles. The first-order chi connectivity index (χ1) is 12.5. The lowest BCUT2D eigenvalue weighted by molar-refractivity contribution is 0.100. The number of hydrogen-bond acceptors (Lipinski definition) is 3. The van der Waals surface area contributed by atoms with Crippen LogP contribution in [0.5, 0.6) is 5.75 Å². The van der Waals surface area contributed by atoms with E-state index in [1.807, 2.05) is 6.07 Å². The molecule has 2 aromatic carbocycles. The molecule has 0 spiro atoms. The number of nitriles is 1. The molecule has 0 unspecified atom stereocenters. The third-order valence-electron chi connectivity index (χ3n) is 4.26. The molecule has 0 saturated heterocycles. The van der Waals surface area contributed by atoms with E-state index in [0.29, 0.717) is 16.9 Å². The number of fused-ring (bicyclic) bond motifs is 1. The largest absolute Gasteiger partial charge is 0.496 e. The van der Waals surface area contributed by atoms with Crippen LogP contribution < -0.4 is 16.2 Å². The average molecular weight is 346 g/mol. The van der Waals surface area contributed by atoms with E-state index in [0.717, 1.165) is 35.1 Å². The average Bonchev–Trinajstić information content (AvgIpc) is 2.66. The van der Waals surface area contributed by atoms with Crippen molar-refractivity contribution in [3.63, 3.8) is 0 Å². The van der Waals surface area contributed by atoms with Crippen molar-refractivity contribution in [2.24, 2.45) is 16.5 Å². The molecule has 0 heterocycles. The zero-order valence-electron chi connectivity index (χ0n) is 14.3. The lowest BCUT2D eigenvalue weighted by atomic mass is 9.85. The summed E-state index contributed by atoms with van der Waals surface area (Å²) in [5.41, 5.74) is 15.3. The fourth-order valence-corrected chi connectivity index (χ4v) is 3.09. The molecule has 4 N–H and O–H groups in total. The highest BCUT2D eigenvalue weighted by molar-refractivity contribution is 6.03. The van der Waals surface area contributed by atoms with E-state index < -0.39 is 5.91 Å². The van der Waals surface area contributed by atoms with Gasteiger partial charge in [-0.3, -0.25) is 4.79 Å². The summed E-state index contributed by atoms with van der Waals surface area (Å²) in [6, 6.07) is 12.9. The van der Waals surface area contributed by atoms with Crippen LogP contribution in [0.15, 0.2) is 47.5 Å². The Balaban J connectivity index is 2.14. The topological polar surface area (TPSA) is 114 Å². The number of nitrogens with two attached hydrogens (primary N) is 2. The van der Waals surface area contributed by atoms with Crippen LogP contribution in [0.25, 0.3) is 5.57 Å². The lowest BCUT2D eigenvalue weighted by Gasteiger charge is -2.20. The molecule has 0 radical (unpaired) electrons. The zero-order valence-corrected chi connectivity index (χ0v) is 14.3. The normalized spacial score (nSPS) is 12.4. The van der Waals surface area contributed by atoms with E-state index >= 15 is 0 Å². The molecule has 2 aromatic rings. The van der Waals surface area contributed by atoms with Crippen LogP contribution in [0.3, 0.4) is 0 Å². The second-order valence-corrected chi connectivity index (χ2v) is 5.90. The summed E-state index contributed by atoms with van der Waals surface area (Å²) >= 11 is 0. The molecule has 1 aliphatic rings. The van der Waals surface area contributed by atoms with Crippen molar-refractivity contribution in [2.45, 2.75) is 12.8 Å². The number of carbonyl (C=O) groups excluding carboxylic acids is 1. The molecule has 6 heteroatoms. The van der Waals surface area contributed by atoms with Gasteiger partial charge in [0.25, 0.3) is 5.91 Å². The predicted molar refractivity (Wildman–Crippen MR) is 99.7 cm³/mol. The van der Waals surface area contributed by atoms with E-state index in [1.165, 1.54) is 0 Å². The van der Waals surface area contributed by atoms with Gasteiger partial charge in [0.1, 0.15) is 5.75 Å². The predicted octanol–water partition coefficient (Wildman–Crippen LogP) is 2.36. The minimum absolute atomic E-state index is 0.271. The molecule has 0 aliphatic heterocycles. The maximum Gasteiger partial charge on any atom is 0.280 e. The summed E-state index contributed by atoms with van der Waals surface area (Å²) in [4.78, 5) is 15.8. The van der Waals surface area contributed by atoms with Crippen LogP contribution in [0.4, 0.5) is 0 Å². The number of methoxy groups -OCH3 is 1. The summed E-state index contributed by atoms with van der Waals surface area (Å²) in [7, 11) is 1.59. The SMILES string of the molecule is COc1ccc(C#N)cc1C1=CCCc2ccc(C(=O)N=C(N)N)cc21. The summed E-state index contributed by atoms with van der Waals surface area (Å²) < 4.78 is 5.47. The Bertz CT molecular complexity index is 980. The van der Waals surface area contributed by atoms with Gasteiger partial charge in [-0.15, -0.1) is 0 Å². The Morgan fingerprint density at radius 1 is 1.19 bits per heavy atom. The molecule has 26 heavy (non-hydrogen) atoms. The Morgan fingerprint density at radius 3 is 2.69 bits per heavy atom. The number of ether oxygens (including phenoxy) is 1. The van der Waals surface area contributed by atoms with E-state index in [2.05, 4.69) is 17.1 Å². The van der Waals surface area contributed by atoms with Gasteiger partial charge in [0.15, 0.2) is 5.96 Å². The quantitative estimate of drug-likeness (QED) is 0.654. The minimum Gasteiger partial charge on any atom is -0.496 e. The number of allylic oxidation sites excluding steroid dienone is 1. The molecular formula is C20H18N4O2. The van der Waals surface area contributed by atoms with E-state index in [1.54, 1.807) is 37.4 Å². The molecule has 6 nitrogen and oxygen atoms in total. The van der Waals surface area contributed by atoms with Crippen molar-refractivity contribution in [3.8, 4) is 11.8 Å². The van der Waals surface area contributed by atoms with Gasteiger partial charge in [-0.05, 0) is 59.9 Å². The second kappa shape index (κ2) is 7.11. The second-order valence-electron chi connectivity index (χ2n) is 5.90. The van der Waals surface area contributed by atoms with Crippen LogP contribution in [-0.2, 0) is 6.42 Å². The highest BCUT2D eigenvalue weighted by Gasteiger charge is 2.19. The number of benzene rings is 2. The van der Waals surface area contributed by atoms with Gasteiger partial charge in [0, 0.05) is 11.1 Å². The van der Waals surface area contributed by atoms with Gasteiger partial charge in [-0.2, -0.15) is 10.3 Å². The monoisotopic (exact) mass is 346 g/mol. The third-order valence-corrected chi connectivity index (χ3v) is 4.26. The first kappa shape index (κ1) is 17.2. The third kappa shape index (κ3) is 3.28. The first-order valence-electron chi connectivity index (χ1n) is 8.09. The van der Waals surface area contributed by atoms with Crippen LogP contribution in [0.1, 0.15) is 39.0 Å². The first-order valence-corrected chi connectivity index (χ1v) is 8.09. The van der Waals surface area contributed by atoms with E-state index in [-0.39, 0.29) is 5.96 Å². The van der Waals surface area contributed by atoms with Crippen molar-refractivity contribution in [2.75, 3.05) is 7.11 Å². The number of amides is 1. The molecule has 0 atom stereocenters. The molecular weight excluding hydrogens is 328 g/mol. The summed E-state index contributed by atoms with van der Waals surface area (Å²) in [5.74, 6) is -0.0913. The summed E-state index contributed by atoms with van der Waals surface area (Å²) in [5, 5.41) is 9.23. The molecule has 0 fully saturated rings. The molecule has 0 aromatic heterocycles. The Hall–Kier alpha value is -3.59. The fraction of sp³-hybridized carbons (Fsp3) is 0.150. The Kier molecular flexibility index (Phi) is 4.72. The number of hydrogen-bond donors (Lipinski definition) is 2. The van der Waals surface area contributed by atoms with Gasteiger partial charge < -0.3 is 16.2 Å². The molecule has 0 bridgehead atoms. The van der Waals surface area contributed by atoms with Crippen LogP contribution in [0.2, 0.25) is 0 Å². The number of aliphatic imine (C=N–C) groups is 1. The summed E-state index contributed by atoms with van der Waals surface area (Å²) in [6.45, 7) is 0. The van der Waals surface area contributed by atoms with Gasteiger partial charge in [0.2, 0.25) is 0 Å². The number of rotatable bonds is 3. The van der Waals surface area contributed by atoms with Crippen molar-refractivity contribution in [1.82, 2.24) is 0 Å². The standard InChI is InChI=1S/C20H18N4O2/c1-26-18-8-5-12(11-21)9-17(18)15-4-2-3-13-6-7-14(10-16(13)15)19(25)24-20(22)23/h4-10H,2-3H2,1H3,(H4,22,23,24,25). The number of aryl methyl sites for hydroxylation is 1. The lowest BCUT2D eigenvalue weighted by Crippen LogP contribution is -2.24. The Morgan fingerprint density at radius 2 is 2.00 bits per heavy atom. The Labute approximate surface area is 151 Å². The van der Waals surface area contributed by atoms with Crippen LogP contribution in [0, 0.1) is 11.3 Å². The van der Waals surface area contributed by atoms with Crippen molar-refractivity contribution < 1.29 is 9.53 Å². The van der Waals surface area contributed by atoms with Gasteiger partial charge in [-0.25, -0.2) is 0 Å². The number of carbonyl (C=O) groups is 1. The van der Waals surface area contributed by atoms with Crippen molar-refractivity contribution in [3.05, 3.63) is 70.3 Å². The van der Waals surface area contributed by atoms with Gasteiger partial charge in [0.05, 0.1) is 18.7 Å². The van der Waals surface area contributed by atoms with E-state index in [4.69, 9.17) is 16.2 Å². The number of nitrogens with zero attached hydrogens (tertiary/aromatic N) is 2. The fourth-order valence-electron chi connectivity index (χ4n) is 3.09. The van der Waals surface area contributed by atoms with Crippen LogP contribution >= 0.6 is 0 Å². The summed E-state index contributed by atoms with van der Waals surface area (Å²) in [6.07, 6.45) is 3.83. The zero-order chi connectivity index (χ0) is 18.7. The molecule has 1 amide bonds. The van der Waals surface area contributed by atoms with Crippen molar-refractivity contribution in [1.29, 1.82) is 5.26 Å². The van der Waals surface area contributed by atoms with E-state index in [9.17, 15) is 10.1 Å². The maximum atomic E-state index is 12.2. The highest BCUT2D eigenvalue weighted by atomic mass is 16.5.